The van der Waals surface area contributed by atoms with E-state index in [4.69, 9.17) is 5.11 Å². The Hall–Kier alpha value is -1.28. The molecule has 1 heterocycles. The van der Waals surface area contributed by atoms with Crippen molar-refractivity contribution in [1.29, 1.82) is 0 Å². The number of carbonyl (C=O) groups is 1. The van der Waals surface area contributed by atoms with Crippen molar-refractivity contribution in [3.8, 4) is 0 Å². The molecule has 1 saturated heterocycles. The van der Waals surface area contributed by atoms with Gasteiger partial charge in [-0.3, -0.25) is 4.79 Å². The molecule has 0 aromatic heterocycles. The summed E-state index contributed by atoms with van der Waals surface area (Å²) in [4.78, 5) is 10.8. The highest BCUT2D eigenvalue weighted by Gasteiger charge is 2.36. The van der Waals surface area contributed by atoms with Gasteiger partial charge in [-0.25, -0.2) is 8.42 Å². The number of hydrogen-bond donors (Lipinski definition) is 2. The largest absolute Gasteiger partial charge is 0.393 e. The molecule has 0 spiro atoms. The average molecular weight is 299 g/mol. The van der Waals surface area contributed by atoms with E-state index in [-0.39, 0.29) is 37.4 Å². The van der Waals surface area contributed by atoms with Crippen molar-refractivity contribution in [3.63, 3.8) is 0 Å². The van der Waals surface area contributed by atoms with Crippen LogP contribution in [0.25, 0.3) is 0 Å². The molecule has 1 fully saturated rings. The Morgan fingerprint density at radius 3 is 2.50 bits per heavy atom. The molecule has 1 aromatic rings. The summed E-state index contributed by atoms with van der Waals surface area (Å²) in [6.07, 6.45) is 0.978. The molecule has 1 aliphatic heterocycles. The van der Waals surface area contributed by atoms with Crippen LogP contribution < -0.4 is 0 Å². The lowest BCUT2D eigenvalue weighted by Gasteiger charge is -2.36. The lowest BCUT2D eigenvalue weighted by molar-refractivity contribution is -0.0480. The van der Waals surface area contributed by atoms with Gasteiger partial charge in [-0.15, -0.1) is 0 Å². The van der Waals surface area contributed by atoms with Crippen LogP contribution in [0, 0.1) is 0 Å². The van der Waals surface area contributed by atoms with Crippen LogP contribution >= 0.6 is 0 Å². The van der Waals surface area contributed by atoms with Crippen molar-refractivity contribution in [3.05, 3.63) is 29.8 Å². The Kier molecular flexibility index (Phi) is 4.24. The lowest BCUT2D eigenvalue weighted by Crippen LogP contribution is -2.48. The van der Waals surface area contributed by atoms with E-state index in [2.05, 4.69) is 0 Å². The summed E-state index contributed by atoms with van der Waals surface area (Å²) >= 11 is 0. The normalized spacial score (nSPS) is 19.7. The molecular formula is C13H17NO5S. The van der Waals surface area contributed by atoms with Crippen LogP contribution in [0.5, 0.6) is 0 Å². The van der Waals surface area contributed by atoms with Gasteiger partial charge >= 0.3 is 0 Å². The highest BCUT2D eigenvalue weighted by atomic mass is 32.2. The van der Waals surface area contributed by atoms with Gasteiger partial charge in [-0.05, 0) is 25.0 Å². The van der Waals surface area contributed by atoms with E-state index in [1.165, 1.54) is 28.6 Å². The third-order valence-corrected chi connectivity index (χ3v) is 5.47. The van der Waals surface area contributed by atoms with Crippen LogP contribution in [0.4, 0.5) is 0 Å². The maximum atomic E-state index is 12.4. The summed E-state index contributed by atoms with van der Waals surface area (Å²) in [6, 6.07) is 5.82. The fourth-order valence-electron chi connectivity index (χ4n) is 2.20. The van der Waals surface area contributed by atoms with E-state index in [1.807, 2.05) is 0 Å². The van der Waals surface area contributed by atoms with Crippen LogP contribution in [0.2, 0.25) is 0 Å². The van der Waals surface area contributed by atoms with E-state index < -0.39 is 15.6 Å². The van der Waals surface area contributed by atoms with Gasteiger partial charge in [0, 0.05) is 18.7 Å². The molecule has 0 radical (unpaired) electrons. The van der Waals surface area contributed by atoms with Crippen LogP contribution in [-0.2, 0) is 10.0 Å². The van der Waals surface area contributed by atoms with E-state index in [0.717, 1.165) is 0 Å². The SMILES string of the molecule is O=Cc1cccc(S(=O)(=O)N2CCC(O)(CO)CC2)c1. The third-order valence-electron chi connectivity index (χ3n) is 3.58. The zero-order chi connectivity index (χ0) is 14.8. The Bertz CT molecular complexity index is 591. The molecule has 1 aromatic carbocycles. The summed E-state index contributed by atoms with van der Waals surface area (Å²) in [5, 5.41) is 19.0. The second-order valence-corrected chi connectivity index (χ2v) is 6.91. The van der Waals surface area contributed by atoms with Crippen molar-refractivity contribution >= 4 is 16.3 Å². The zero-order valence-corrected chi connectivity index (χ0v) is 11.7. The molecule has 7 heteroatoms. The van der Waals surface area contributed by atoms with Crippen molar-refractivity contribution in [2.24, 2.45) is 0 Å². The number of benzene rings is 1. The Balaban J connectivity index is 2.21. The molecule has 2 rings (SSSR count). The van der Waals surface area contributed by atoms with Gasteiger partial charge in [0.2, 0.25) is 10.0 Å². The molecule has 0 aliphatic carbocycles. The van der Waals surface area contributed by atoms with Crippen LogP contribution in [-0.4, -0.2) is 54.5 Å². The summed E-state index contributed by atoms with van der Waals surface area (Å²) in [7, 11) is -3.67. The first-order valence-electron chi connectivity index (χ1n) is 6.30. The van der Waals surface area contributed by atoms with Gasteiger partial charge in [0.1, 0.15) is 6.29 Å². The van der Waals surface area contributed by atoms with E-state index in [9.17, 15) is 18.3 Å². The molecule has 6 nitrogen and oxygen atoms in total. The molecule has 2 N–H and O–H groups in total. The Labute approximate surface area is 117 Å². The summed E-state index contributed by atoms with van der Waals surface area (Å²) in [6.45, 7) is -0.0864. The van der Waals surface area contributed by atoms with Gasteiger partial charge in [0.05, 0.1) is 17.1 Å². The van der Waals surface area contributed by atoms with Gasteiger partial charge < -0.3 is 10.2 Å². The molecule has 0 saturated carbocycles. The molecule has 1 aliphatic rings. The Morgan fingerprint density at radius 2 is 1.95 bits per heavy atom. The second-order valence-electron chi connectivity index (χ2n) is 4.98. The predicted molar refractivity (Wildman–Crippen MR) is 71.9 cm³/mol. The third kappa shape index (κ3) is 2.90. The maximum absolute atomic E-state index is 12.4. The highest BCUT2D eigenvalue weighted by molar-refractivity contribution is 7.89. The van der Waals surface area contributed by atoms with Gasteiger partial charge in [0.25, 0.3) is 0 Å². The first-order valence-corrected chi connectivity index (χ1v) is 7.74. The second kappa shape index (κ2) is 5.61. The van der Waals surface area contributed by atoms with Crippen molar-refractivity contribution in [2.45, 2.75) is 23.3 Å². The molecule has 110 valence electrons. The number of sulfonamides is 1. The van der Waals surface area contributed by atoms with Gasteiger partial charge in [0.15, 0.2) is 0 Å². The average Bonchev–Trinajstić information content (AvgIpc) is 2.48. The minimum Gasteiger partial charge on any atom is -0.393 e. The van der Waals surface area contributed by atoms with Crippen LogP contribution in [0.1, 0.15) is 23.2 Å². The predicted octanol–water partition coefficient (Wildman–Crippen LogP) is 0.00700. The molecule has 0 unspecified atom stereocenters. The van der Waals surface area contributed by atoms with Gasteiger partial charge in [-0.1, -0.05) is 12.1 Å². The Morgan fingerprint density at radius 1 is 1.30 bits per heavy atom. The highest BCUT2D eigenvalue weighted by Crippen LogP contribution is 2.26. The smallest absolute Gasteiger partial charge is 0.243 e. The molecule has 0 amide bonds. The fourth-order valence-corrected chi connectivity index (χ4v) is 3.70. The number of piperidine rings is 1. The maximum Gasteiger partial charge on any atom is 0.243 e. The molecule has 0 atom stereocenters. The van der Waals surface area contributed by atoms with E-state index in [0.29, 0.717) is 11.8 Å². The first-order chi connectivity index (χ1) is 9.41. The first kappa shape index (κ1) is 15.1. The number of aliphatic hydroxyl groups excluding tert-OH is 1. The quantitative estimate of drug-likeness (QED) is 0.764. The minimum absolute atomic E-state index is 0.0662. The summed E-state index contributed by atoms with van der Waals surface area (Å²) in [5.74, 6) is 0. The summed E-state index contributed by atoms with van der Waals surface area (Å²) in [5.41, 5.74) is -0.897. The van der Waals surface area contributed by atoms with E-state index in [1.54, 1.807) is 0 Å². The fraction of sp³-hybridized carbons (Fsp3) is 0.462. The van der Waals surface area contributed by atoms with Crippen molar-refractivity contribution < 1.29 is 23.4 Å². The topological polar surface area (TPSA) is 94.9 Å². The number of rotatable bonds is 4. The number of nitrogens with zero attached hydrogens (tertiary/aromatic N) is 1. The summed E-state index contributed by atoms with van der Waals surface area (Å²) < 4.78 is 26.1. The monoisotopic (exact) mass is 299 g/mol. The van der Waals surface area contributed by atoms with Crippen LogP contribution in [0.15, 0.2) is 29.2 Å². The van der Waals surface area contributed by atoms with E-state index >= 15 is 0 Å². The zero-order valence-electron chi connectivity index (χ0n) is 10.9. The van der Waals surface area contributed by atoms with Gasteiger partial charge in [-0.2, -0.15) is 4.31 Å². The number of carbonyl (C=O) groups excluding carboxylic acids is 1. The van der Waals surface area contributed by atoms with Crippen LogP contribution in [0.3, 0.4) is 0 Å². The number of hydrogen-bond acceptors (Lipinski definition) is 5. The molecule has 20 heavy (non-hydrogen) atoms. The number of aldehydes is 1. The lowest BCUT2D eigenvalue weighted by atomic mass is 9.94. The minimum atomic E-state index is -3.67. The molecule has 0 bridgehead atoms. The van der Waals surface area contributed by atoms with Crippen molar-refractivity contribution in [2.75, 3.05) is 19.7 Å². The molecular weight excluding hydrogens is 282 g/mol. The number of aliphatic hydroxyl groups is 2. The van der Waals surface area contributed by atoms with Crippen molar-refractivity contribution in [1.82, 2.24) is 4.31 Å². The standard InChI is InChI=1S/C13H17NO5S/c15-9-11-2-1-3-12(8-11)20(18,19)14-6-4-13(17,10-16)5-7-14/h1-3,8-9,16-17H,4-7,10H2.